The fourth-order valence-corrected chi connectivity index (χ4v) is 3.10. The Morgan fingerprint density at radius 1 is 1.47 bits per heavy atom. The van der Waals surface area contributed by atoms with E-state index in [0.29, 0.717) is 5.92 Å². The zero-order chi connectivity index (χ0) is 13.7. The third-order valence-corrected chi connectivity index (χ3v) is 4.13. The lowest BCUT2D eigenvalue weighted by Crippen LogP contribution is -2.23. The van der Waals surface area contributed by atoms with E-state index in [4.69, 9.17) is 4.74 Å². The Balaban J connectivity index is 2.10. The van der Waals surface area contributed by atoms with Gasteiger partial charge in [-0.15, -0.1) is 0 Å². The average molecular weight is 327 g/mol. The van der Waals surface area contributed by atoms with Crippen LogP contribution in [0.3, 0.4) is 0 Å². The van der Waals surface area contributed by atoms with Crippen LogP contribution in [-0.2, 0) is 11.3 Å². The van der Waals surface area contributed by atoms with Crippen LogP contribution in [0, 0.1) is 5.92 Å². The topological polar surface area (TPSA) is 24.5 Å². The molecule has 1 aromatic carbocycles. The molecule has 19 heavy (non-hydrogen) atoms. The predicted molar refractivity (Wildman–Crippen MR) is 83.7 cm³/mol. The summed E-state index contributed by atoms with van der Waals surface area (Å²) in [6, 6.07) is 6.59. The largest absolute Gasteiger partial charge is 0.384 e. The van der Waals surface area contributed by atoms with E-state index in [9.17, 15) is 0 Å². The molecule has 1 saturated heterocycles. The molecule has 1 heterocycles. The third kappa shape index (κ3) is 3.94. The van der Waals surface area contributed by atoms with E-state index in [1.807, 2.05) is 0 Å². The van der Waals surface area contributed by atoms with Gasteiger partial charge in [0.25, 0.3) is 0 Å². The molecular formula is C15H23BrN2O. The highest BCUT2D eigenvalue weighted by molar-refractivity contribution is 9.10. The van der Waals surface area contributed by atoms with Gasteiger partial charge in [0, 0.05) is 42.8 Å². The van der Waals surface area contributed by atoms with Crippen molar-refractivity contribution < 1.29 is 4.74 Å². The first-order chi connectivity index (χ1) is 9.24. The van der Waals surface area contributed by atoms with Gasteiger partial charge in [-0.25, -0.2) is 0 Å². The first-order valence-electron chi connectivity index (χ1n) is 6.97. The van der Waals surface area contributed by atoms with Crippen molar-refractivity contribution in [2.75, 3.05) is 38.3 Å². The second-order valence-electron chi connectivity index (χ2n) is 5.11. The van der Waals surface area contributed by atoms with E-state index in [1.54, 1.807) is 7.11 Å². The van der Waals surface area contributed by atoms with E-state index in [2.05, 4.69) is 51.3 Å². The van der Waals surface area contributed by atoms with Crippen molar-refractivity contribution in [2.45, 2.75) is 19.9 Å². The summed E-state index contributed by atoms with van der Waals surface area (Å²) < 4.78 is 6.43. The van der Waals surface area contributed by atoms with Gasteiger partial charge in [0.2, 0.25) is 0 Å². The highest BCUT2D eigenvalue weighted by Gasteiger charge is 2.23. The lowest BCUT2D eigenvalue weighted by Gasteiger charge is -2.22. The Hall–Kier alpha value is -0.580. The normalized spacial score (nSPS) is 19.1. The monoisotopic (exact) mass is 326 g/mol. The van der Waals surface area contributed by atoms with Crippen molar-refractivity contribution in [2.24, 2.45) is 5.92 Å². The number of benzene rings is 1. The summed E-state index contributed by atoms with van der Waals surface area (Å²) >= 11 is 3.57. The van der Waals surface area contributed by atoms with E-state index < -0.39 is 0 Å². The van der Waals surface area contributed by atoms with Gasteiger partial charge in [0.1, 0.15) is 0 Å². The Kier molecular flexibility index (Phi) is 5.67. The molecule has 4 heteroatoms. The lowest BCUT2D eigenvalue weighted by molar-refractivity contribution is 0.161. The smallest absolute Gasteiger partial charge is 0.0508 e. The molecule has 1 unspecified atom stereocenters. The van der Waals surface area contributed by atoms with E-state index >= 15 is 0 Å². The van der Waals surface area contributed by atoms with Gasteiger partial charge >= 0.3 is 0 Å². The Morgan fingerprint density at radius 2 is 2.32 bits per heavy atom. The van der Waals surface area contributed by atoms with Crippen LogP contribution in [0.2, 0.25) is 0 Å². The van der Waals surface area contributed by atoms with Gasteiger partial charge < -0.3 is 15.0 Å². The lowest BCUT2D eigenvalue weighted by atomic mass is 10.1. The number of hydrogen-bond acceptors (Lipinski definition) is 3. The maximum Gasteiger partial charge on any atom is 0.0508 e. The Labute approximate surface area is 124 Å². The fraction of sp³-hybridized carbons (Fsp3) is 0.600. The number of methoxy groups -OCH3 is 1. The van der Waals surface area contributed by atoms with Crippen molar-refractivity contribution in [3.63, 3.8) is 0 Å². The zero-order valence-electron chi connectivity index (χ0n) is 11.8. The molecule has 0 aromatic heterocycles. The molecule has 106 valence electrons. The molecular weight excluding hydrogens is 304 g/mol. The number of anilines is 1. The standard InChI is InChI=1S/C15H23BrN2O/c1-3-17-9-13-8-14(16)4-5-15(13)18-7-6-12(10-18)11-19-2/h4-5,8,12,17H,3,6-7,9-11H2,1-2H3. The molecule has 1 atom stereocenters. The van der Waals surface area contributed by atoms with Crippen LogP contribution >= 0.6 is 15.9 Å². The summed E-state index contributed by atoms with van der Waals surface area (Å²) in [6.45, 7) is 7.18. The van der Waals surface area contributed by atoms with E-state index in [0.717, 1.165) is 37.3 Å². The first-order valence-corrected chi connectivity index (χ1v) is 7.77. The van der Waals surface area contributed by atoms with Crippen molar-refractivity contribution in [1.82, 2.24) is 5.32 Å². The number of nitrogens with zero attached hydrogens (tertiary/aromatic N) is 1. The van der Waals surface area contributed by atoms with E-state index in [1.165, 1.54) is 17.7 Å². The molecule has 1 aliphatic rings. The van der Waals surface area contributed by atoms with Gasteiger partial charge in [-0.05, 0) is 36.7 Å². The van der Waals surface area contributed by atoms with Gasteiger partial charge in [0.05, 0.1) is 6.61 Å². The van der Waals surface area contributed by atoms with Crippen LogP contribution < -0.4 is 10.2 Å². The second-order valence-corrected chi connectivity index (χ2v) is 6.03. The van der Waals surface area contributed by atoms with Crippen LogP contribution in [0.25, 0.3) is 0 Å². The molecule has 0 radical (unpaired) electrons. The third-order valence-electron chi connectivity index (χ3n) is 3.64. The molecule has 3 nitrogen and oxygen atoms in total. The van der Waals surface area contributed by atoms with Gasteiger partial charge in [-0.1, -0.05) is 22.9 Å². The highest BCUT2D eigenvalue weighted by Crippen LogP contribution is 2.29. The highest BCUT2D eigenvalue weighted by atomic mass is 79.9. The van der Waals surface area contributed by atoms with Crippen LogP contribution in [0.1, 0.15) is 18.9 Å². The molecule has 0 spiro atoms. The van der Waals surface area contributed by atoms with Crippen molar-refractivity contribution in [3.8, 4) is 0 Å². The summed E-state index contributed by atoms with van der Waals surface area (Å²) in [5, 5.41) is 3.42. The first kappa shape index (κ1) is 14.8. The number of rotatable bonds is 6. The van der Waals surface area contributed by atoms with Crippen molar-refractivity contribution in [3.05, 3.63) is 28.2 Å². The summed E-state index contributed by atoms with van der Waals surface area (Å²) in [6.07, 6.45) is 1.23. The Bertz CT molecular complexity index is 411. The molecule has 1 fully saturated rings. The van der Waals surface area contributed by atoms with Crippen molar-refractivity contribution >= 4 is 21.6 Å². The van der Waals surface area contributed by atoms with Gasteiger partial charge in [-0.2, -0.15) is 0 Å². The second kappa shape index (κ2) is 7.27. The molecule has 2 rings (SSSR count). The number of nitrogens with one attached hydrogen (secondary N) is 1. The molecule has 0 bridgehead atoms. The van der Waals surface area contributed by atoms with Crippen LogP contribution in [0.15, 0.2) is 22.7 Å². The molecule has 0 aliphatic carbocycles. The predicted octanol–water partition coefficient (Wildman–Crippen LogP) is 3.03. The summed E-state index contributed by atoms with van der Waals surface area (Å²) in [5.74, 6) is 0.667. The summed E-state index contributed by atoms with van der Waals surface area (Å²) in [7, 11) is 1.79. The molecule has 1 aliphatic heterocycles. The molecule has 1 aromatic rings. The maximum absolute atomic E-state index is 5.28. The molecule has 0 amide bonds. The van der Waals surface area contributed by atoms with Crippen LogP contribution in [0.5, 0.6) is 0 Å². The average Bonchev–Trinajstić information content (AvgIpc) is 2.85. The van der Waals surface area contributed by atoms with Gasteiger partial charge in [0.15, 0.2) is 0 Å². The minimum Gasteiger partial charge on any atom is -0.384 e. The summed E-state index contributed by atoms with van der Waals surface area (Å²) in [5.41, 5.74) is 2.73. The number of hydrogen-bond donors (Lipinski definition) is 1. The fourth-order valence-electron chi connectivity index (χ4n) is 2.69. The minimum absolute atomic E-state index is 0.667. The molecule has 0 saturated carbocycles. The minimum atomic E-state index is 0.667. The van der Waals surface area contributed by atoms with Crippen molar-refractivity contribution in [1.29, 1.82) is 0 Å². The number of halogens is 1. The number of ether oxygens (including phenoxy) is 1. The van der Waals surface area contributed by atoms with Gasteiger partial charge in [-0.3, -0.25) is 0 Å². The van der Waals surface area contributed by atoms with E-state index in [-0.39, 0.29) is 0 Å². The Morgan fingerprint density at radius 3 is 3.05 bits per heavy atom. The summed E-state index contributed by atoms with van der Waals surface area (Å²) in [4.78, 5) is 2.49. The zero-order valence-corrected chi connectivity index (χ0v) is 13.4. The molecule has 1 N–H and O–H groups in total. The maximum atomic E-state index is 5.28. The SMILES string of the molecule is CCNCc1cc(Br)ccc1N1CCC(COC)C1. The van der Waals surface area contributed by atoms with Crippen LogP contribution in [0.4, 0.5) is 5.69 Å². The van der Waals surface area contributed by atoms with Crippen LogP contribution in [-0.4, -0.2) is 33.4 Å². The quantitative estimate of drug-likeness (QED) is 0.869.